The summed E-state index contributed by atoms with van der Waals surface area (Å²) in [6.07, 6.45) is 3.78. The van der Waals surface area contributed by atoms with Crippen molar-refractivity contribution in [1.82, 2.24) is 9.47 Å². The van der Waals surface area contributed by atoms with E-state index in [2.05, 4.69) is 0 Å². The first kappa shape index (κ1) is 10.8. The highest BCUT2D eigenvalue weighted by atomic mass is 16.2. The molecule has 0 aromatic carbocycles. The van der Waals surface area contributed by atoms with Crippen molar-refractivity contribution in [3.63, 3.8) is 0 Å². The largest absolute Gasteiger partial charge is 0.347 e. The summed E-state index contributed by atoms with van der Waals surface area (Å²) >= 11 is 0. The maximum Gasteiger partial charge on any atom is 0.241 e. The molecule has 1 aromatic rings. The van der Waals surface area contributed by atoms with Crippen molar-refractivity contribution in [2.45, 2.75) is 19.5 Å². The zero-order valence-electron chi connectivity index (χ0n) is 8.90. The van der Waals surface area contributed by atoms with Gasteiger partial charge in [-0.05, 0) is 18.6 Å². The number of nitrogens with zero attached hydrogens (tertiary/aromatic N) is 2. The average Bonchev–Trinajstić information content (AvgIpc) is 2.52. The molecule has 0 bridgehead atoms. The van der Waals surface area contributed by atoms with Gasteiger partial charge in [-0.25, -0.2) is 0 Å². The second kappa shape index (κ2) is 4.28. The Morgan fingerprint density at radius 3 is 2.71 bits per heavy atom. The zero-order valence-corrected chi connectivity index (χ0v) is 8.90. The van der Waals surface area contributed by atoms with Gasteiger partial charge in [-0.3, -0.25) is 4.79 Å². The minimum Gasteiger partial charge on any atom is -0.347 e. The Morgan fingerprint density at radius 1 is 1.64 bits per heavy atom. The SMILES string of the molecule is CC(N)c1ccn(CC(=O)N(C)C)c1. The Morgan fingerprint density at radius 2 is 2.29 bits per heavy atom. The number of nitrogens with two attached hydrogens (primary N) is 1. The molecule has 0 spiro atoms. The molecule has 0 radical (unpaired) electrons. The molecule has 0 saturated heterocycles. The fourth-order valence-electron chi connectivity index (χ4n) is 1.12. The Bertz CT molecular complexity index is 315. The Kier molecular flexibility index (Phi) is 3.30. The van der Waals surface area contributed by atoms with Crippen molar-refractivity contribution in [3.05, 3.63) is 24.0 Å². The van der Waals surface area contributed by atoms with E-state index in [0.29, 0.717) is 6.54 Å². The standard InChI is InChI=1S/C10H17N3O/c1-8(11)9-4-5-13(6-9)7-10(14)12(2)3/h4-6,8H,7,11H2,1-3H3. The number of amides is 1. The predicted molar refractivity (Wildman–Crippen MR) is 55.7 cm³/mol. The van der Waals surface area contributed by atoms with Gasteiger partial charge in [-0.1, -0.05) is 0 Å². The molecule has 0 aliphatic heterocycles. The van der Waals surface area contributed by atoms with Crippen molar-refractivity contribution < 1.29 is 4.79 Å². The van der Waals surface area contributed by atoms with E-state index >= 15 is 0 Å². The van der Waals surface area contributed by atoms with Crippen LogP contribution >= 0.6 is 0 Å². The molecule has 14 heavy (non-hydrogen) atoms. The van der Waals surface area contributed by atoms with E-state index in [9.17, 15) is 4.79 Å². The molecule has 0 aliphatic carbocycles. The Labute approximate surface area is 84.3 Å². The van der Waals surface area contributed by atoms with Gasteiger partial charge in [0.15, 0.2) is 0 Å². The second-order valence-electron chi connectivity index (χ2n) is 3.69. The molecular weight excluding hydrogens is 178 g/mol. The van der Waals surface area contributed by atoms with E-state index in [-0.39, 0.29) is 11.9 Å². The third kappa shape index (κ3) is 2.60. The minimum absolute atomic E-state index is 0.0192. The first-order chi connectivity index (χ1) is 6.50. The van der Waals surface area contributed by atoms with Crippen LogP contribution in [-0.2, 0) is 11.3 Å². The number of rotatable bonds is 3. The van der Waals surface area contributed by atoms with Crippen LogP contribution in [0.5, 0.6) is 0 Å². The lowest BCUT2D eigenvalue weighted by atomic mass is 10.2. The van der Waals surface area contributed by atoms with Gasteiger partial charge in [0.2, 0.25) is 5.91 Å². The van der Waals surface area contributed by atoms with Crippen LogP contribution in [0.3, 0.4) is 0 Å². The summed E-state index contributed by atoms with van der Waals surface area (Å²) in [5, 5.41) is 0. The molecule has 0 aliphatic rings. The van der Waals surface area contributed by atoms with E-state index in [1.807, 2.05) is 30.0 Å². The van der Waals surface area contributed by atoms with Crippen molar-refractivity contribution in [1.29, 1.82) is 0 Å². The molecule has 4 nitrogen and oxygen atoms in total. The summed E-state index contributed by atoms with van der Waals surface area (Å²) < 4.78 is 1.85. The minimum atomic E-state index is 0.0192. The van der Waals surface area contributed by atoms with Crippen LogP contribution in [0.25, 0.3) is 0 Å². The number of carbonyl (C=O) groups is 1. The summed E-state index contributed by atoms with van der Waals surface area (Å²) in [5.41, 5.74) is 6.76. The Hall–Kier alpha value is -1.29. The van der Waals surface area contributed by atoms with Crippen molar-refractivity contribution in [3.8, 4) is 0 Å². The molecule has 1 atom stereocenters. The topological polar surface area (TPSA) is 51.3 Å². The Balaban J connectivity index is 2.64. The van der Waals surface area contributed by atoms with Gasteiger partial charge in [0.1, 0.15) is 6.54 Å². The van der Waals surface area contributed by atoms with Crippen LogP contribution in [0.2, 0.25) is 0 Å². The van der Waals surface area contributed by atoms with E-state index in [4.69, 9.17) is 5.73 Å². The molecule has 1 rings (SSSR count). The summed E-state index contributed by atoms with van der Waals surface area (Å²) in [7, 11) is 3.50. The number of likely N-dealkylation sites (N-methyl/N-ethyl adjacent to an activating group) is 1. The molecule has 0 saturated carbocycles. The second-order valence-corrected chi connectivity index (χ2v) is 3.69. The fraction of sp³-hybridized carbons (Fsp3) is 0.500. The molecule has 1 amide bonds. The van der Waals surface area contributed by atoms with Crippen molar-refractivity contribution in [2.75, 3.05) is 14.1 Å². The molecule has 78 valence electrons. The van der Waals surface area contributed by atoms with Crippen LogP contribution in [0.4, 0.5) is 0 Å². The summed E-state index contributed by atoms with van der Waals surface area (Å²) in [6.45, 7) is 2.30. The van der Waals surface area contributed by atoms with E-state index in [1.165, 1.54) is 0 Å². The molecule has 1 aromatic heterocycles. The molecule has 2 N–H and O–H groups in total. The van der Waals surface area contributed by atoms with Gasteiger partial charge in [0.25, 0.3) is 0 Å². The highest BCUT2D eigenvalue weighted by molar-refractivity contribution is 5.75. The van der Waals surface area contributed by atoms with Gasteiger partial charge in [0, 0.05) is 32.5 Å². The van der Waals surface area contributed by atoms with Gasteiger partial charge in [-0.15, -0.1) is 0 Å². The normalized spacial score (nSPS) is 12.6. The van der Waals surface area contributed by atoms with Crippen LogP contribution in [0.1, 0.15) is 18.5 Å². The van der Waals surface area contributed by atoms with Gasteiger partial charge >= 0.3 is 0 Å². The van der Waals surface area contributed by atoms with Crippen LogP contribution in [0.15, 0.2) is 18.5 Å². The maximum absolute atomic E-state index is 11.4. The first-order valence-corrected chi connectivity index (χ1v) is 4.62. The number of hydrogen-bond donors (Lipinski definition) is 1. The smallest absolute Gasteiger partial charge is 0.241 e. The lowest BCUT2D eigenvalue weighted by Gasteiger charge is -2.10. The molecule has 4 heteroatoms. The number of hydrogen-bond acceptors (Lipinski definition) is 2. The zero-order chi connectivity index (χ0) is 10.7. The number of carbonyl (C=O) groups excluding carboxylic acids is 1. The van der Waals surface area contributed by atoms with Crippen molar-refractivity contribution >= 4 is 5.91 Å². The van der Waals surface area contributed by atoms with Crippen molar-refractivity contribution in [2.24, 2.45) is 5.73 Å². The predicted octanol–water partition coefficient (Wildman–Crippen LogP) is 0.596. The van der Waals surface area contributed by atoms with Gasteiger partial charge < -0.3 is 15.2 Å². The highest BCUT2D eigenvalue weighted by Crippen LogP contribution is 2.09. The third-order valence-electron chi connectivity index (χ3n) is 2.12. The summed E-state index contributed by atoms with van der Waals surface area (Å²) in [6, 6.07) is 1.96. The average molecular weight is 195 g/mol. The molecule has 1 heterocycles. The first-order valence-electron chi connectivity index (χ1n) is 4.62. The lowest BCUT2D eigenvalue weighted by Crippen LogP contribution is -2.25. The van der Waals surface area contributed by atoms with E-state index in [1.54, 1.807) is 19.0 Å². The van der Waals surface area contributed by atoms with Crippen LogP contribution < -0.4 is 5.73 Å². The number of aromatic nitrogens is 1. The summed E-state index contributed by atoms with van der Waals surface area (Å²) in [4.78, 5) is 12.9. The lowest BCUT2D eigenvalue weighted by molar-refractivity contribution is -0.129. The maximum atomic E-state index is 11.4. The van der Waals surface area contributed by atoms with Gasteiger partial charge in [-0.2, -0.15) is 0 Å². The third-order valence-corrected chi connectivity index (χ3v) is 2.12. The monoisotopic (exact) mass is 195 g/mol. The molecule has 0 fully saturated rings. The summed E-state index contributed by atoms with van der Waals surface area (Å²) in [5.74, 6) is 0.0804. The van der Waals surface area contributed by atoms with E-state index < -0.39 is 0 Å². The quantitative estimate of drug-likeness (QED) is 0.767. The molecule has 1 unspecified atom stereocenters. The highest BCUT2D eigenvalue weighted by Gasteiger charge is 2.06. The van der Waals surface area contributed by atoms with Gasteiger partial charge in [0.05, 0.1) is 0 Å². The van der Waals surface area contributed by atoms with E-state index in [0.717, 1.165) is 5.56 Å². The fourth-order valence-corrected chi connectivity index (χ4v) is 1.12. The van der Waals surface area contributed by atoms with Crippen LogP contribution in [0, 0.1) is 0 Å². The van der Waals surface area contributed by atoms with Crippen LogP contribution in [-0.4, -0.2) is 29.5 Å². The molecular formula is C10H17N3O.